The van der Waals surface area contributed by atoms with Crippen LogP contribution in [0.2, 0.25) is 0 Å². The summed E-state index contributed by atoms with van der Waals surface area (Å²) >= 11 is 0. The lowest BCUT2D eigenvalue weighted by atomic mass is 9.96. The van der Waals surface area contributed by atoms with Gasteiger partial charge >= 0.3 is 0 Å². The lowest BCUT2D eigenvalue weighted by molar-refractivity contribution is 0.628. The van der Waals surface area contributed by atoms with Crippen LogP contribution in [0.5, 0.6) is 0 Å². The molecule has 3 aromatic carbocycles. The van der Waals surface area contributed by atoms with E-state index in [1.807, 2.05) is 30.7 Å². The summed E-state index contributed by atoms with van der Waals surface area (Å²) < 4.78 is 15.2. The molecular formula is C20H15FN2. The number of aromatic nitrogens is 2. The Hall–Kier alpha value is -2.94. The Morgan fingerprint density at radius 2 is 1.74 bits per heavy atom. The second kappa shape index (κ2) is 5.69. The molecule has 0 aliphatic heterocycles. The van der Waals surface area contributed by atoms with Gasteiger partial charge in [-0.25, -0.2) is 9.37 Å². The van der Waals surface area contributed by atoms with Crippen LogP contribution in [0.15, 0.2) is 79.4 Å². The number of hydrogen-bond donors (Lipinski definition) is 0. The second-order valence-electron chi connectivity index (χ2n) is 5.60. The molecule has 1 aromatic heterocycles. The molecule has 0 saturated carbocycles. The van der Waals surface area contributed by atoms with E-state index in [2.05, 4.69) is 39.9 Å². The topological polar surface area (TPSA) is 17.8 Å². The van der Waals surface area contributed by atoms with Gasteiger partial charge < -0.3 is 4.57 Å². The molecule has 112 valence electrons. The maximum absolute atomic E-state index is 13.2. The minimum Gasteiger partial charge on any atom is -0.333 e. The molecule has 0 spiro atoms. The Labute approximate surface area is 133 Å². The van der Waals surface area contributed by atoms with Gasteiger partial charge in [-0.15, -0.1) is 0 Å². The Kier molecular flexibility index (Phi) is 3.39. The predicted octanol–water partition coefficient (Wildman–Crippen LogP) is 4.89. The molecule has 1 heterocycles. The van der Waals surface area contributed by atoms with E-state index in [-0.39, 0.29) is 5.82 Å². The molecule has 0 saturated heterocycles. The fourth-order valence-electron chi connectivity index (χ4n) is 2.91. The monoisotopic (exact) mass is 302 g/mol. The van der Waals surface area contributed by atoms with E-state index in [1.165, 1.54) is 28.5 Å². The molecule has 0 unspecified atom stereocenters. The van der Waals surface area contributed by atoms with Crippen LogP contribution in [0.1, 0.15) is 5.56 Å². The van der Waals surface area contributed by atoms with Crippen molar-refractivity contribution in [1.29, 1.82) is 0 Å². The van der Waals surface area contributed by atoms with Crippen molar-refractivity contribution in [1.82, 2.24) is 9.55 Å². The largest absolute Gasteiger partial charge is 0.333 e. The highest BCUT2D eigenvalue weighted by Crippen LogP contribution is 2.28. The van der Waals surface area contributed by atoms with E-state index in [0.29, 0.717) is 0 Å². The lowest BCUT2D eigenvalue weighted by Crippen LogP contribution is -1.98. The van der Waals surface area contributed by atoms with Gasteiger partial charge in [0.2, 0.25) is 0 Å². The smallest absolute Gasteiger partial charge is 0.123 e. The zero-order valence-corrected chi connectivity index (χ0v) is 12.5. The third kappa shape index (κ3) is 2.73. The van der Waals surface area contributed by atoms with Crippen molar-refractivity contribution in [3.05, 3.63) is 90.8 Å². The van der Waals surface area contributed by atoms with E-state index >= 15 is 0 Å². The van der Waals surface area contributed by atoms with Crippen molar-refractivity contribution in [2.75, 3.05) is 0 Å². The number of halogens is 1. The van der Waals surface area contributed by atoms with Gasteiger partial charge in [0.25, 0.3) is 0 Å². The maximum atomic E-state index is 13.2. The summed E-state index contributed by atoms with van der Waals surface area (Å²) in [6.45, 7) is 0.759. The average Bonchev–Trinajstić information content (AvgIpc) is 3.08. The van der Waals surface area contributed by atoms with Crippen LogP contribution in [0, 0.1) is 5.82 Å². The van der Waals surface area contributed by atoms with Crippen molar-refractivity contribution in [3.63, 3.8) is 0 Å². The van der Waals surface area contributed by atoms with Gasteiger partial charge in [-0.3, -0.25) is 0 Å². The molecule has 4 aromatic rings. The molecule has 2 nitrogen and oxygen atoms in total. The first-order chi connectivity index (χ1) is 11.3. The van der Waals surface area contributed by atoms with Gasteiger partial charge in [0, 0.05) is 18.9 Å². The first kappa shape index (κ1) is 13.7. The van der Waals surface area contributed by atoms with Crippen LogP contribution in [0.4, 0.5) is 4.39 Å². The van der Waals surface area contributed by atoms with Gasteiger partial charge in [-0.1, -0.05) is 36.4 Å². The molecule has 0 radical (unpaired) electrons. The SMILES string of the molecule is Fc1ccc(-c2cc(Cn3ccnc3)c3ccccc3c2)cc1. The van der Waals surface area contributed by atoms with E-state index < -0.39 is 0 Å². The summed E-state index contributed by atoms with van der Waals surface area (Å²) in [5, 5.41) is 2.41. The number of fused-ring (bicyclic) bond motifs is 1. The van der Waals surface area contributed by atoms with Gasteiger partial charge in [0.15, 0.2) is 0 Å². The van der Waals surface area contributed by atoms with Crippen LogP contribution in [-0.2, 0) is 6.54 Å². The summed E-state index contributed by atoms with van der Waals surface area (Å²) in [5.41, 5.74) is 3.34. The van der Waals surface area contributed by atoms with Crippen molar-refractivity contribution < 1.29 is 4.39 Å². The molecule has 0 atom stereocenters. The normalized spacial score (nSPS) is 11.0. The Morgan fingerprint density at radius 3 is 2.52 bits per heavy atom. The van der Waals surface area contributed by atoms with Crippen LogP contribution >= 0.6 is 0 Å². The average molecular weight is 302 g/mol. The second-order valence-corrected chi connectivity index (χ2v) is 5.60. The molecule has 3 heteroatoms. The summed E-state index contributed by atoms with van der Waals surface area (Å²) in [4.78, 5) is 4.11. The molecule has 0 N–H and O–H groups in total. The van der Waals surface area contributed by atoms with Crippen molar-refractivity contribution in [3.8, 4) is 11.1 Å². The van der Waals surface area contributed by atoms with E-state index in [4.69, 9.17) is 0 Å². The van der Waals surface area contributed by atoms with Gasteiger partial charge in [-0.05, 0) is 51.7 Å². The highest BCUT2D eigenvalue weighted by Gasteiger charge is 2.07. The Morgan fingerprint density at radius 1 is 0.913 bits per heavy atom. The predicted molar refractivity (Wildman–Crippen MR) is 90.7 cm³/mol. The highest BCUT2D eigenvalue weighted by molar-refractivity contribution is 5.90. The van der Waals surface area contributed by atoms with Crippen LogP contribution in [-0.4, -0.2) is 9.55 Å². The molecule has 0 aliphatic rings. The first-order valence-electron chi connectivity index (χ1n) is 7.53. The number of rotatable bonds is 3. The molecule has 0 bridgehead atoms. The molecule has 4 rings (SSSR count). The zero-order valence-electron chi connectivity index (χ0n) is 12.5. The van der Waals surface area contributed by atoms with E-state index in [0.717, 1.165) is 17.7 Å². The quantitative estimate of drug-likeness (QED) is 0.527. The van der Waals surface area contributed by atoms with E-state index in [1.54, 1.807) is 6.20 Å². The zero-order chi connectivity index (χ0) is 15.6. The van der Waals surface area contributed by atoms with Crippen LogP contribution < -0.4 is 0 Å². The summed E-state index contributed by atoms with van der Waals surface area (Å²) in [7, 11) is 0. The first-order valence-corrected chi connectivity index (χ1v) is 7.53. The molecule has 23 heavy (non-hydrogen) atoms. The van der Waals surface area contributed by atoms with E-state index in [9.17, 15) is 4.39 Å². The van der Waals surface area contributed by atoms with Crippen LogP contribution in [0.3, 0.4) is 0 Å². The minimum absolute atomic E-state index is 0.215. The van der Waals surface area contributed by atoms with Gasteiger partial charge in [-0.2, -0.15) is 0 Å². The molecule has 0 fully saturated rings. The van der Waals surface area contributed by atoms with Crippen molar-refractivity contribution in [2.24, 2.45) is 0 Å². The van der Waals surface area contributed by atoms with Gasteiger partial charge in [0.1, 0.15) is 5.82 Å². The van der Waals surface area contributed by atoms with Gasteiger partial charge in [0.05, 0.1) is 6.33 Å². The standard InChI is InChI=1S/C20H15FN2/c21-19-7-5-15(6-8-19)17-11-16-3-1-2-4-20(16)18(12-17)13-23-10-9-22-14-23/h1-12,14H,13H2. The summed E-state index contributed by atoms with van der Waals surface area (Å²) in [6.07, 6.45) is 5.56. The van der Waals surface area contributed by atoms with Crippen LogP contribution in [0.25, 0.3) is 21.9 Å². The number of hydrogen-bond acceptors (Lipinski definition) is 1. The summed E-state index contributed by atoms with van der Waals surface area (Å²) in [6, 6.07) is 19.3. The fraction of sp³-hybridized carbons (Fsp3) is 0.0500. The summed E-state index contributed by atoms with van der Waals surface area (Å²) in [5.74, 6) is -0.215. The number of benzene rings is 3. The van der Waals surface area contributed by atoms with Crippen molar-refractivity contribution in [2.45, 2.75) is 6.54 Å². The van der Waals surface area contributed by atoms with Crippen molar-refractivity contribution >= 4 is 10.8 Å². The highest BCUT2D eigenvalue weighted by atomic mass is 19.1. The minimum atomic E-state index is -0.215. The Balaban J connectivity index is 1.87. The molecule has 0 aliphatic carbocycles. The number of imidazole rings is 1. The fourth-order valence-corrected chi connectivity index (χ4v) is 2.91. The third-order valence-electron chi connectivity index (χ3n) is 4.04. The third-order valence-corrected chi connectivity index (χ3v) is 4.04. The number of nitrogens with zero attached hydrogens (tertiary/aromatic N) is 2. The maximum Gasteiger partial charge on any atom is 0.123 e. The molecule has 0 amide bonds. The lowest BCUT2D eigenvalue weighted by Gasteiger charge is -2.11. The molecular weight excluding hydrogens is 287 g/mol. The Bertz CT molecular complexity index is 941.